The molecule has 21 heavy (non-hydrogen) atoms. The molecule has 0 heterocycles. The number of carbonyl (C=O) groups is 1. The lowest BCUT2D eigenvalue weighted by Gasteiger charge is -2.05. The fourth-order valence-electron chi connectivity index (χ4n) is 1.64. The number of nitrogens with one attached hydrogen (secondary N) is 1. The molecule has 2 N–H and O–H groups in total. The molecule has 0 saturated carbocycles. The second kappa shape index (κ2) is 6.74. The molecule has 0 aliphatic carbocycles. The molecule has 4 nitrogen and oxygen atoms in total. The third-order valence-electron chi connectivity index (χ3n) is 2.79. The van der Waals surface area contributed by atoms with Crippen LogP contribution < -0.4 is 5.43 Å². The Morgan fingerprint density at radius 1 is 1.24 bits per heavy atom. The Hall–Kier alpha value is -1.85. The average molecular weight is 368 g/mol. The quantitative estimate of drug-likeness (QED) is 0.637. The Bertz CT molecular complexity index is 699. The molecule has 0 radical (unpaired) electrons. The maximum Gasteiger partial charge on any atom is 0.275 e. The molecule has 0 aliphatic rings. The topological polar surface area (TPSA) is 61.7 Å². The van der Waals surface area contributed by atoms with Crippen LogP contribution >= 0.6 is 27.5 Å². The molecule has 0 unspecified atom stereocenters. The molecular formula is C15H12BrClN2O2. The van der Waals surface area contributed by atoms with E-state index in [1.165, 1.54) is 12.1 Å². The predicted molar refractivity (Wildman–Crippen MR) is 86.9 cm³/mol. The zero-order valence-corrected chi connectivity index (χ0v) is 13.4. The number of nitrogens with zero attached hydrogens (tertiary/aromatic N) is 1. The molecular weight excluding hydrogens is 356 g/mol. The van der Waals surface area contributed by atoms with Crippen molar-refractivity contribution in [3.8, 4) is 5.75 Å². The van der Waals surface area contributed by atoms with E-state index in [0.29, 0.717) is 15.2 Å². The number of hydrazone groups is 1. The number of aromatic hydroxyl groups is 1. The Balaban J connectivity index is 2.14. The van der Waals surface area contributed by atoms with Crippen LogP contribution in [0.4, 0.5) is 0 Å². The van der Waals surface area contributed by atoms with Crippen LogP contribution in [0.5, 0.6) is 5.75 Å². The highest BCUT2D eigenvalue weighted by atomic mass is 79.9. The van der Waals surface area contributed by atoms with E-state index < -0.39 is 5.91 Å². The minimum absolute atomic E-state index is 0.102. The Morgan fingerprint density at radius 3 is 2.57 bits per heavy atom. The monoisotopic (exact) mass is 366 g/mol. The number of rotatable bonds is 3. The summed E-state index contributed by atoms with van der Waals surface area (Å²) in [4.78, 5) is 12.0. The van der Waals surface area contributed by atoms with Gasteiger partial charge in [0.15, 0.2) is 0 Å². The van der Waals surface area contributed by atoms with Gasteiger partial charge in [-0.25, -0.2) is 5.43 Å². The summed E-state index contributed by atoms with van der Waals surface area (Å²) in [5.74, 6) is -0.586. The summed E-state index contributed by atoms with van der Waals surface area (Å²) < 4.78 is 0.698. The maximum atomic E-state index is 12.0. The van der Waals surface area contributed by atoms with Crippen LogP contribution in [0.1, 0.15) is 22.8 Å². The third kappa shape index (κ3) is 4.06. The summed E-state index contributed by atoms with van der Waals surface area (Å²) >= 11 is 9.06. The lowest BCUT2D eigenvalue weighted by molar-refractivity contribution is 0.0952. The summed E-state index contributed by atoms with van der Waals surface area (Å²) in [6.45, 7) is 1.77. The first-order valence-corrected chi connectivity index (χ1v) is 7.23. The van der Waals surface area contributed by atoms with Gasteiger partial charge in [-0.15, -0.1) is 0 Å². The van der Waals surface area contributed by atoms with Crippen LogP contribution in [0, 0.1) is 0 Å². The van der Waals surface area contributed by atoms with Crippen LogP contribution in [-0.4, -0.2) is 16.7 Å². The van der Waals surface area contributed by atoms with E-state index in [2.05, 4.69) is 26.5 Å². The molecule has 0 saturated heterocycles. The number of phenols is 1. The second-order valence-electron chi connectivity index (χ2n) is 4.31. The first kappa shape index (κ1) is 15.5. The highest BCUT2D eigenvalue weighted by molar-refractivity contribution is 9.10. The van der Waals surface area contributed by atoms with Gasteiger partial charge in [-0.05, 0) is 42.8 Å². The molecule has 0 aromatic heterocycles. The fraction of sp³-hybridized carbons (Fsp3) is 0.0667. The van der Waals surface area contributed by atoms with E-state index in [0.717, 1.165) is 5.56 Å². The zero-order valence-electron chi connectivity index (χ0n) is 11.1. The molecule has 108 valence electrons. The normalized spacial score (nSPS) is 11.3. The van der Waals surface area contributed by atoms with Crippen molar-refractivity contribution < 1.29 is 9.90 Å². The largest absolute Gasteiger partial charge is 0.507 e. The van der Waals surface area contributed by atoms with Gasteiger partial charge in [-0.1, -0.05) is 39.7 Å². The van der Waals surface area contributed by atoms with Crippen molar-refractivity contribution >= 4 is 39.1 Å². The van der Waals surface area contributed by atoms with Gasteiger partial charge in [0.25, 0.3) is 5.91 Å². The van der Waals surface area contributed by atoms with Gasteiger partial charge >= 0.3 is 0 Å². The van der Waals surface area contributed by atoms with Crippen molar-refractivity contribution in [3.63, 3.8) is 0 Å². The van der Waals surface area contributed by atoms with Crippen molar-refractivity contribution in [2.24, 2.45) is 5.10 Å². The first-order valence-electron chi connectivity index (χ1n) is 6.06. The van der Waals surface area contributed by atoms with Gasteiger partial charge in [0.05, 0.1) is 11.3 Å². The van der Waals surface area contributed by atoms with Crippen LogP contribution in [0.3, 0.4) is 0 Å². The fourth-order valence-corrected chi connectivity index (χ4v) is 2.13. The van der Waals surface area contributed by atoms with Crippen molar-refractivity contribution in [2.45, 2.75) is 6.92 Å². The zero-order chi connectivity index (χ0) is 15.4. The molecule has 1 amide bonds. The van der Waals surface area contributed by atoms with Crippen molar-refractivity contribution in [1.82, 2.24) is 5.43 Å². The Morgan fingerprint density at radius 2 is 1.90 bits per heavy atom. The maximum absolute atomic E-state index is 12.0. The molecule has 0 spiro atoms. The van der Waals surface area contributed by atoms with Crippen LogP contribution in [0.2, 0.25) is 5.02 Å². The molecule has 0 fully saturated rings. The van der Waals surface area contributed by atoms with Gasteiger partial charge in [-0.2, -0.15) is 5.10 Å². The van der Waals surface area contributed by atoms with Gasteiger partial charge in [0.1, 0.15) is 5.75 Å². The van der Waals surface area contributed by atoms with Crippen LogP contribution in [0.25, 0.3) is 0 Å². The average Bonchev–Trinajstić information content (AvgIpc) is 2.47. The highest BCUT2D eigenvalue weighted by Crippen LogP contribution is 2.21. The summed E-state index contributed by atoms with van der Waals surface area (Å²) in [5.41, 5.74) is 4.04. The summed E-state index contributed by atoms with van der Waals surface area (Å²) in [6.07, 6.45) is 0. The first-order chi connectivity index (χ1) is 9.97. The molecule has 0 atom stereocenters. The number of hydrogen-bond donors (Lipinski definition) is 2. The minimum atomic E-state index is -0.484. The minimum Gasteiger partial charge on any atom is -0.507 e. The van der Waals surface area contributed by atoms with Gasteiger partial charge < -0.3 is 5.11 Å². The smallest absolute Gasteiger partial charge is 0.275 e. The van der Waals surface area contributed by atoms with E-state index in [1.807, 2.05) is 12.1 Å². The number of carbonyl (C=O) groups excluding carboxylic acids is 1. The van der Waals surface area contributed by atoms with Crippen molar-refractivity contribution in [2.75, 3.05) is 0 Å². The molecule has 0 bridgehead atoms. The second-order valence-corrected chi connectivity index (χ2v) is 5.66. The number of halogens is 2. The summed E-state index contributed by atoms with van der Waals surface area (Å²) in [7, 11) is 0. The van der Waals surface area contributed by atoms with E-state index in [4.69, 9.17) is 11.6 Å². The Labute approximate surface area is 135 Å². The summed E-state index contributed by atoms with van der Waals surface area (Å²) in [5, 5.41) is 14.3. The van der Waals surface area contributed by atoms with E-state index in [1.54, 1.807) is 25.1 Å². The highest BCUT2D eigenvalue weighted by Gasteiger charge is 2.11. The number of phenolic OH excluding ortho intramolecular Hbond substituents is 1. The van der Waals surface area contributed by atoms with Gasteiger partial charge in [0.2, 0.25) is 0 Å². The lowest BCUT2D eigenvalue weighted by Crippen LogP contribution is -2.19. The summed E-state index contributed by atoms with van der Waals surface area (Å²) in [6, 6.07) is 11.7. The molecule has 2 aromatic carbocycles. The van der Waals surface area contributed by atoms with Crippen LogP contribution in [0.15, 0.2) is 52.0 Å². The molecule has 0 aliphatic heterocycles. The van der Waals surface area contributed by atoms with E-state index >= 15 is 0 Å². The predicted octanol–water partition coefficient (Wildman–Crippen LogP) is 3.96. The molecule has 6 heteroatoms. The number of benzene rings is 2. The SMILES string of the molecule is CC(=NNC(=O)c1cc(Br)ccc1O)c1ccc(Cl)cc1. The van der Waals surface area contributed by atoms with Gasteiger partial charge in [-0.3, -0.25) is 4.79 Å². The van der Waals surface area contributed by atoms with Gasteiger partial charge in [0, 0.05) is 9.50 Å². The van der Waals surface area contributed by atoms with Crippen molar-refractivity contribution in [1.29, 1.82) is 0 Å². The van der Waals surface area contributed by atoms with Crippen LogP contribution in [-0.2, 0) is 0 Å². The number of amides is 1. The van der Waals surface area contributed by atoms with E-state index in [-0.39, 0.29) is 11.3 Å². The lowest BCUT2D eigenvalue weighted by atomic mass is 10.1. The standard InChI is InChI=1S/C15H12BrClN2O2/c1-9(10-2-5-12(17)6-3-10)18-19-15(21)13-8-11(16)4-7-14(13)20/h2-8,20H,1H3,(H,19,21). The van der Waals surface area contributed by atoms with E-state index in [9.17, 15) is 9.90 Å². The number of hydrogen-bond acceptors (Lipinski definition) is 3. The molecule has 2 rings (SSSR count). The molecule has 2 aromatic rings. The Kier molecular flexibility index (Phi) is 4.98. The van der Waals surface area contributed by atoms with Crippen molar-refractivity contribution in [3.05, 3.63) is 63.1 Å². The third-order valence-corrected chi connectivity index (χ3v) is 3.54.